The van der Waals surface area contributed by atoms with Gasteiger partial charge in [0.05, 0.1) is 35.2 Å². The molecule has 0 saturated heterocycles. The first-order valence-electron chi connectivity index (χ1n) is 15.7. The molecule has 1 aromatic heterocycles. The summed E-state index contributed by atoms with van der Waals surface area (Å²) < 4.78 is 37.7. The van der Waals surface area contributed by atoms with Crippen LogP contribution in [0.4, 0.5) is 11.4 Å². The minimum atomic E-state index is -3.79. The molecule has 3 aromatic carbocycles. The summed E-state index contributed by atoms with van der Waals surface area (Å²) in [6.07, 6.45) is 4.39. The van der Waals surface area contributed by atoms with Crippen molar-refractivity contribution in [1.82, 2.24) is 9.71 Å². The third-order valence-electron chi connectivity index (χ3n) is 8.52. The van der Waals surface area contributed by atoms with Crippen LogP contribution in [0.5, 0.6) is 0 Å². The van der Waals surface area contributed by atoms with Gasteiger partial charge < -0.3 is 14.6 Å². The van der Waals surface area contributed by atoms with Crippen LogP contribution >= 0.6 is 0 Å². The number of sulfonamides is 1. The molecule has 1 unspecified atom stereocenters. The van der Waals surface area contributed by atoms with Crippen LogP contribution in [0.15, 0.2) is 108 Å². The van der Waals surface area contributed by atoms with Crippen LogP contribution in [-0.4, -0.2) is 40.5 Å². The van der Waals surface area contributed by atoms with Gasteiger partial charge in [0.15, 0.2) is 0 Å². The first-order chi connectivity index (χ1) is 21.4. The Kier molecular flexibility index (Phi) is 9.84. The molecular formula is C36H46N4O3SSi. The van der Waals surface area contributed by atoms with Gasteiger partial charge in [0.25, 0.3) is 8.32 Å². The lowest BCUT2D eigenvalue weighted by Crippen LogP contribution is -2.67. The molecular weight excluding hydrogens is 597 g/mol. The highest BCUT2D eigenvalue weighted by Gasteiger charge is 2.50. The van der Waals surface area contributed by atoms with Crippen molar-refractivity contribution < 1.29 is 12.8 Å². The Balaban J connectivity index is 1.37. The largest absolute Gasteiger partial charge is 0.406 e. The van der Waals surface area contributed by atoms with Crippen LogP contribution in [0.1, 0.15) is 53.5 Å². The van der Waals surface area contributed by atoms with Gasteiger partial charge in [0, 0.05) is 18.8 Å². The number of hydrogen-bond acceptors (Lipinski definition) is 6. The van der Waals surface area contributed by atoms with Crippen molar-refractivity contribution in [3.05, 3.63) is 109 Å². The number of anilines is 2. The summed E-state index contributed by atoms with van der Waals surface area (Å²) in [7, 11) is -6.61. The second-order valence-corrected chi connectivity index (χ2v) is 19.4. The van der Waals surface area contributed by atoms with E-state index in [4.69, 9.17) is 4.43 Å². The molecule has 0 spiro atoms. The quantitative estimate of drug-likeness (QED) is 0.181. The van der Waals surface area contributed by atoms with Crippen molar-refractivity contribution in [3.8, 4) is 0 Å². The van der Waals surface area contributed by atoms with Gasteiger partial charge in [-0.1, -0.05) is 107 Å². The summed E-state index contributed by atoms with van der Waals surface area (Å²) in [4.78, 5) is 6.71. The van der Waals surface area contributed by atoms with E-state index in [1.807, 2.05) is 36.5 Å². The van der Waals surface area contributed by atoms with Gasteiger partial charge in [-0.15, -0.1) is 0 Å². The summed E-state index contributed by atoms with van der Waals surface area (Å²) in [6.45, 7) is 14.0. The van der Waals surface area contributed by atoms with E-state index in [2.05, 4.69) is 110 Å². The Morgan fingerprint density at radius 1 is 0.933 bits per heavy atom. The second kappa shape index (κ2) is 13.5. The normalized spacial score (nSPS) is 16.0. The third kappa shape index (κ3) is 7.17. The zero-order valence-corrected chi connectivity index (χ0v) is 29.0. The molecule has 0 bridgehead atoms. The Bertz CT molecular complexity index is 1620. The zero-order valence-electron chi connectivity index (χ0n) is 27.2. The predicted molar refractivity (Wildman–Crippen MR) is 187 cm³/mol. The number of fused-ring (bicyclic) bond motifs is 1. The molecule has 4 aromatic rings. The van der Waals surface area contributed by atoms with Crippen LogP contribution in [0.25, 0.3) is 0 Å². The number of nitrogens with one attached hydrogen (secondary N) is 2. The lowest BCUT2D eigenvalue weighted by molar-refractivity contribution is 0.246. The third-order valence-corrected chi connectivity index (χ3v) is 15.1. The highest BCUT2D eigenvalue weighted by molar-refractivity contribution is 7.89. The fourth-order valence-electron chi connectivity index (χ4n) is 6.45. The first kappa shape index (κ1) is 32.9. The first-order valence-corrected chi connectivity index (χ1v) is 19.1. The van der Waals surface area contributed by atoms with Gasteiger partial charge >= 0.3 is 0 Å². The van der Waals surface area contributed by atoms with E-state index in [0.717, 1.165) is 16.9 Å². The summed E-state index contributed by atoms with van der Waals surface area (Å²) in [5.74, 6) is 0.275. The average Bonchev–Trinajstić information content (AvgIpc) is 3.32. The minimum Gasteiger partial charge on any atom is -0.406 e. The van der Waals surface area contributed by atoms with E-state index in [1.165, 1.54) is 10.4 Å². The standard InChI is InChI=1S/C36H46N4O3SSi/c1-27(2)23-30(26-43-45(36(4,5)6,32-13-9-7-10-14-32)33-15-11-8-12-16-33)39-44(41,42)31-19-17-29(18-20-31)25-40-28(3)38-34-24-37-22-21-35(34)40/h7-22,24,27-28,30,38-39H,23,25-26H2,1-6H3/t28?,30-/m0/s1. The molecule has 1 aliphatic heterocycles. The van der Waals surface area contributed by atoms with E-state index in [9.17, 15) is 8.42 Å². The highest BCUT2D eigenvalue weighted by atomic mass is 32.2. The Morgan fingerprint density at radius 3 is 2.09 bits per heavy atom. The Labute approximate surface area is 270 Å². The van der Waals surface area contributed by atoms with Gasteiger partial charge in [0.1, 0.15) is 0 Å². The van der Waals surface area contributed by atoms with Gasteiger partial charge in [-0.2, -0.15) is 0 Å². The number of benzene rings is 3. The summed E-state index contributed by atoms with van der Waals surface area (Å²) in [5, 5.41) is 5.59. The lowest BCUT2D eigenvalue weighted by Gasteiger charge is -2.43. The summed E-state index contributed by atoms with van der Waals surface area (Å²) in [5.41, 5.74) is 3.12. The molecule has 9 heteroatoms. The van der Waals surface area contributed by atoms with Crippen molar-refractivity contribution >= 4 is 40.1 Å². The SMILES string of the molecule is CC(C)C[C@@H](CO[Si](c1ccccc1)(c1ccccc1)C(C)(C)C)NS(=O)(=O)c1ccc(CN2c3ccncc3NC2C)cc1. The predicted octanol–water partition coefficient (Wildman–Crippen LogP) is 6.13. The van der Waals surface area contributed by atoms with E-state index in [0.29, 0.717) is 13.0 Å². The zero-order chi connectivity index (χ0) is 32.2. The highest BCUT2D eigenvalue weighted by Crippen LogP contribution is 2.37. The van der Waals surface area contributed by atoms with Crippen LogP contribution in [0.2, 0.25) is 5.04 Å². The van der Waals surface area contributed by atoms with Crippen LogP contribution in [-0.2, 0) is 21.0 Å². The maximum atomic E-state index is 13.8. The molecule has 7 nitrogen and oxygen atoms in total. The molecule has 0 aliphatic carbocycles. The van der Waals surface area contributed by atoms with Gasteiger partial charge in [-0.05, 0) is 58.4 Å². The van der Waals surface area contributed by atoms with E-state index < -0.39 is 24.4 Å². The fraction of sp³-hybridized carbons (Fsp3) is 0.361. The van der Waals surface area contributed by atoms with E-state index >= 15 is 0 Å². The molecule has 1 aliphatic rings. The van der Waals surface area contributed by atoms with Crippen molar-refractivity contribution in [1.29, 1.82) is 0 Å². The number of hydrogen-bond donors (Lipinski definition) is 2. The molecule has 0 radical (unpaired) electrons. The van der Waals surface area contributed by atoms with Crippen molar-refractivity contribution in [2.75, 3.05) is 16.8 Å². The molecule has 0 amide bonds. The Hall–Kier alpha value is -3.50. The molecule has 2 heterocycles. The van der Waals surface area contributed by atoms with Crippen LogP contribution < -0.4 is 25.3 Å². The molecule has 5 rings (SSSR count). The summed E-state index contributed by atoms with van der Waals surface area (Å²) >= 11 is 0. The second-order valence-electron chi connectivity index (χ2n) is 13.4. The average molecular weight is 643 g/mol. The van der Waals surface area contributed by atoms with E-state index in [1.54, 1.807) is 18.3 Å². The molecule has 238 valence electrons. The maximum Gasteiger partial charge on any atom is 0.261 e. The Morgan fingerprint density at radius 2 is 1.53 bits per heavy atom. The smallest absolute Gasteiger partial charge is 0.261 e. The van der Waals surface area contributed by atoms with Crippen molar-refractivity contribution in [3.63, 3.8) is 0 Å². The number of nitrogens with zero attached hydrogens (tertiary/aromatic N) is 2. The van der Waals surface area contributed by atoms with Gasteiger partial charge in [0.2, 0.25) is 10.0 Å². The summed E-state index contributed by atoms with van der Waals surface area (Å²) in [6, 6.07) is 29.7. The van der Waals surface area contributed by atoms with Crippen molar-refractivity contribution in [2.24, 2.45) is 5.92 Å². The fourth-order valence-corrected chi connectivity index (χ4v) is 12.3. The van der Waals surface area contributed by atoms with Gasteiger partial charge in [-0.3, -0.25) is 4.98 Å². The molecule has 45 heavy (non-hydrogen) atoms. The van der Waals surface area contributed by atoms with E-state index in [-0.39, 0.29) is 28.6 Å². The minimum absolute atomic E-state index is 0.113. The number of pyridine rings is 1. The maximum absolute atomic E-state index is 13.8. The topological polar surface area (TPSA) is 83.6 Å². The molecule has 2 N–H and O–H groups in total. The molecule has 0 saturated carbocycles. The van der Waals surface area contributed by atoms with Crippen molar-refractivity contribution in [2.45, 2.75) is 76.6 Å². The van der Waals surface area contributed by atoms with Crippen LogP contribution in [0, 0.1) is 5.92 Å². The van der Waals surface area contributed by atoms with Gasteiger partial charge in [-0.25, -0.2) is 13.1 Å². The van der Waals surface area contributed by atoms with Crippen LogP contribution in [0.3, 0.4) is 0 Å². The molecule has 2 atom stereocenters. The monoisotopic (exact) mass is 642 g/mol. The molecule has 0 fully saturated rings. The number of rotatable bonds is 12. The number of aromatic nitrogens is 1. The lowest BCUT2D eigenvalue weighted by atomic mass is 10.1.